The van der Waals surface area contributed by atoms with E-state index in [-0.39, 0.29) is 46.2 Å². The highest BCUT2D eigenvalue weighted by atomic mass is 32.2. The summed E-state index contributed by atoms with van der Waals surface area (Å²) < 4.78 is 45.5. The summed E-state index contributed by atoms with van der Waals surface area (Å²) in [4.78, 5) is 56.0. The van der Waals surface area contributed by atoms with Crippen molar-refractivity contribution in [2.75, 3.05) is 53.8 Å². The lowest BCUT2D eigenvalue weighted by Crippen LogP contribution is -2.47. The van der Waals surface area contributed by atoms with Gasteiger partial charge in [0.1, 0.15) is 6.04 Å². The summed E-state index contributed by atoms with van der Waals surface area (Å²) in [6, 6.07) is 14.3. The first kappa shape index (κ1) is 45.8. The van der Waals surface area contributed by atoms with Crippen molar-refractivity contribution in [3.63, 3.8) is 0 Å². The number of piperidine rings is 3. The number of nitrogens with zero attached hydrogens (tertiary/aromatic N) is 7. The van der Waals surface area contributed by atoms with Gasteiger partial charge >= 0.3 is 0 Å². The standard InChI is InChI=1S/C46H56FN11O5S2/c1-5-25-65(62,63)55-35-8-6-7-34(40(35)47)41-42(64-44(54-41)46(2,3)4)36-15-20-48-45(52-36)51-32-26-49-58(27-32)33-18-23-57(24-19-33)39(60)28-56-21-16-30(17-22-56)29-9-11-31(12-10-29)50-37-13-14-38(59)53-43(37)61/h6-12,15,20,26-27,30,33,37,50,55H,5,13-14,16-19,21-25,28H2,1-4H3,(H,48,51,52)(H,53,59,61)/t37-/m1/s1. The van der Waals surface area contributed by atoms with E-state index < -0.39 is 21.9 Å². The highest BCUT2D eigenvalue weighted by Crippen LogP contribution is 2.42. The number of carbonyl (C=O) groups is 3. The first-order valence-corrected chi connectivity index (χ1v) is 24.7. The molecule has 3 aromatic heterocycles. The molecule has 65 heavy (non-hydrogen) atoms. The van der Waals surface area contributed by atoms with E-state index >= 15 is 4.39 Å². The molecule has 16 nitrogen and oxygen atoms in total. The summed E-state index contributed by atoms with van der Waals surface area (Å²) in [5.74, 6) is -0.474. The number of likely N-dealkylation sites (tertiary alicyclic amines) is 2. The van der Waals surface area contributed by atoms with Gasteiger partial charge in [0.05, 0.1) is 57.2 Å². The third-order valence-corrected chi connectivity index (χ3v) is 15.1. The molecular formula is C46H56FN11O5S2. The van der Waals surface area contributed by atoms with E-state index in [9.17, 15) is 22.8 Å². The number of amides is 3. The number of aromatic nitrogens is 5. The van der Waals surface area contributed by atoms with E-state index in [4.69, 9.17) is 9.97 Å². The molecule has 0 bridgehead atoms. The van der Waals surface area contributed by atoms with Gasteiger partial charge in [-0.3, -0.25) is 34.0 Å². The van der Waals surface area contributed by atoms with Crippen LogP contribution >= 0.6 is 11.3 Å². The van der Waals surface area contributed by atoms with Crippen LogP contribution in [-0.4, -0.2) is 105 Å². The Bertz CT molecular complexity index is 2630. The summed E-state index contributed by atoms with van der Waals surface area (Å²) >= 11 is 1.40. The summed E-state index contributed by atoms with van der Waals surface area (Å²) in [6.45, 7) is 11.2. The highest BCUT2D eigenvalue weighted by molar-refractivity contribution is 7.92. The number of rotatable bonds is 14. The molecular weight excluding hydrogens is 870 g/mol. The second-order valence-corrected chi connectivity index (χ2v) is 20.9. The molecule has 1 atom stereocenters. The van der Waals surface area contributed by atoms with Crippen molar-refractivity contribution in [2.24, 2.45) is 0 Å². The Kier molecular flexibility index (Phi) is 13.6. The molecule has 3 aliphatic heterocycles. The van der Waals surface area contributed by atoms with Gasteiger partial charge in [-0.2, -0.15) is 5.10 Å². The van der Waals surface area contributed by atoms with Crippen LogP contribution in [0.2, 0.25) is 0 Å². The maximum absolute atomic E-state index is 16.1. The van der Waals surface area contributed by atoms with Gasteiger partial charge in [0, 0.05) is 48.6 Å². The Hall–Kier alpha value is -5.79. The molecule has 0 unspecified atom stereocenters. The van der Waals surface area contributed by atoms with Crippen LogP contribution in [0.3, 0.4) is 0 Å². The van der Waals surface area contributed by atoms with Crippen molar-refractivity contribution in [3.8, 4) is 21.8 Å². The number of sulfonamides is 1. The highest BCUT2D eigenvalue weighted by Gasteiger charge is 2.30. The average molecular weight is 926 g/mol. The number of hydrogen-bond donors (Lipinski definition) is 4. The van der Waals surface area contributed by atoms with Gasteiger partial charge in [-0.05, 0) is 93.4 Å². The first-order chi connectivity index (χ1) is 31.1. The number of thiazole rings is 1. The Labute approximate surface area is 382 Å². The van der Waals surface area contributed by atoms with E-state index in [1.807, 2.05) is 48.7 Å². The van der Waals surface area contributed by atoms with Crippen molar-refractivity contribution in [3.05, 3.63) is 83.5 Å². The molecule has 6 heterocycles. The largest absolute Gasteiger partial charge is 0.374 e. The SMILES string of the molecule is CCCS(=O)(=O)Nc1cccc(-c2nc(C(C)(C)C)sc2-c2ccnc(Nc3cnn(C4CCN(C(=O)CN5CCC(c6ccc(N[C@@H]7CCC(=O)NC7=O)cc6)CC5)CC4)c3)n2)c1F. The van der Waals surface area contributed by atoms with Gasteiger partial charge in [0.15, 0.2) is 5.82 Å². The fourth-order valence-corrected chi connectivity index (χ4v) is 10.8. The number of anilines is 4. The number of imide groups is 1. The van der Waals surface area contributed by atoms with Crippen LogP contribution in [0.5, 0.6) is 0 Å². The van der Waals surface area contributed by atoms with Crippen molar-refractivity contribution in [1.29, 1.82) is 0 Å². The predicted octanol–water partition coefficient (Wildman–Crippen LogP) is 7.06. The topological polar surface area (TPSA) is 196 Å². The van der Waals surface area contributed by atoms with Crippen LogP contribution in [0, 0.1) is 5.82 Å². The van der Waals surface area contributed by atoms with Gasteiger partial charge in [-0.1, -0.05) is 45.9 Å². The zero-order valence-corrected chi connectivity index (χ0v) is 38.8. The molecule has 8 rings (SSSR count). The molecule has 0 saturated carbocycles. The minimum Gasteiger partial charge on any atom is -0.374 e. The van der Waals surface area contributed by atoms with Crippen LogP contribution in [0.4, 0.5) is 27.4 Å². The van der Waals surface area contributed by atoms with E-state index in [2.05, 4.69) is 47.8 Å². The van der Waals surface area contributed by atoms with Crippen LogP contribution in [-0.2, 0) is 29.8 Å². The van der Waals surface area contributed by atoms with Crippen LogP contribution in [0.1, 0.15) is 95.2 Å². The Balaban J connectivity index is 0.841. The molecule has 4 N–H and O–H groups in total. The second-order valence-electron chi connectivity index (χ2n) is 18.1. The second kappa shape index (κ2) is 19.4. The van der Waals surface area contributed by atoms with Gasteiger partial charge in [0.2, 0.25) is 33.7 Å². The smallest absolute Gasteiger partial charge is 0.249 e. The molecule has 344 valence electrons. The quantitative estimate of drug-likeness (QED) is 0.0830. The average Bonchev–Trinajstić information content (AvgIpc) is 3.95. The first-order valence-electron chi connectivity index (χ1n) is 22.3. The monoisotopic (exact) mass is 925 g/mol. The van der Waals surface area contributed by atoms with Crippen molar-refractivity contribution in [2.45, 2.75) is 96.1 Å². The number of benzene rings is 2. The van der Waals surface area contributed by atoms with Gasteiger partial charge < -0.3 is 15.5 Å². The lowest BCUT2D eigenvalue weighted by atomic mass is 9.89. The molecule has 5 aromatic rings. The minimum absolute atomic E-state index is 0.121. The van der Waals surface area contributed by atoms with Gasteiger partial charge in [-0.25, -0.2) is 27.8 Å². The van der Waals surface area contributed by atoms with Crippen LogP contribution in [0.25, 0.3) is 21.8 Å². The predicted molar refractivity (Wildman–Crippen MR) is 250 cm³/mol. The maximum Gasteiger partial charge on any atom is 0.249 e. The molecule has 19 heteroatoms. The number of halogens is 1. The van der Waals surface area contributed by atoms with E-state index in [1.165, 1.54) is 23.0 Å². The van der Waals surface area contributed by atoms with E-state index in [0.717, 1.165) is 49.5 Å². The molecule has 0 radical (unpaired) electrons. The van der Waals surface area contributed by atoms with Gasteiger partial charge in [-0.15, -0.1) is 11.3 Å². The van der Waals surface area contributed by atoms with Crippen LogP contribution in [0.15, 0.2) is 67.1 Å². The molecule has 0 spiro atoms. The minimum atomic E-state index is -3.73. The van der Waals surface area contributed by atoms with E-state index in [1.54, 1.807) is 37.5 Å². The summed E-state index contributed by atoms with van der Waals surface area (Å²) in [6.07, 6.45) is 9.96. The molecule has 0 aliphatic carbocycles. The van der Waals surface area contributed by atoms with Gasteiger partial charge in [0.25, 0.3) is 0 Å². The number of carbonyl (C=O) groups excluding carboxylic acids is 3. The Morgan fingerprint density at radius 2 is 1.71 bits per heavy atom. The Morgan fingerprint density at radius 3 is 2.42 bits per heavy atom. The summed E-state index contributed by atoms with van der Waals surface area (Å²) in [5.41, 5.74) is 3.37. The Morgan fingerprint density at radius 1 is 0.954 bits per heavy atom. The van der Waals surface area contributed by atoms with Crippen molar-refractivity contribution < 1.29 is 27.2 Å². The fraction of sp³-hybridized carbons (Fsp3) is 0.457. The lowest BCUT2D eigenvalue weighted by Gasteiger charge is -2.36. The molecule has 3 fully saturated rings. The zero-order chi connectivity index (χ0) is 45.9. The molecule has 3 aliphatic rings. The number of nitrogens with one attached hydrogen (secondary N) is 4. The normalized spacial score (nSPS) is 18.1. The zero-order valence-electron chi connectivity index (χ0n) is 37.1. The van der Waals surface area contributed by atoms with Crippen molar-refractivity contribution >= 4 is 62.1 Å². The maximum atomic E-state index is 16.1. The molecule has 3 amide bonds. The van der Waals surface area contributed by atoms with E-state index in [0.29, 0.717) is 72.7 Å². The summed E-state index contributed by atoms with van der Waals surface area (Å²) in [7, 11) is -3.73. The lowest BCUT2D eigenvalue weighted by molar-refractivity contribution is -0.135. The molecule has 3 saturated heterocycles. The number of hydrogen-bond acceptors (Lipinski definition) is 13. The van der Waals surface area contributed by atoms with Crippen molar-refractivity contribution in [1.82, 2.24) is 39.8 Å². The summed E-state index contributed by atoms with van der Waals surface area (Å²) in [5, 5.41) is 14.3. The third kappa shape index (κ3) is 11.0. The third-order valence-electron chi connectivity index (χ3n) is 12.1. The van der Waals surface area contributed by atoms with Crippen LogP contribution < -0.4 is 20.7 Å². The molecule has 2 aromatic carbocycles. The fourth-order valence-electron chi connectivity index (χ4n) is 8.53.